The third kappa shape index (κ3) is 27.5. The Labute approximate surface area is 477 Å². The second-order valence-corrected chi connectivity index (χ2v) is 21.8. The van der Waals surface area contributed by atoms with Gasteiger partial charge in [-0.3, -0.25) is 4.79 Å². The van der Waals surface area contributed by atoms with E-state index in [4.69, 9.17) is 28.4 Å². The van der Waals surface area contributed by atoms with Crippen LogP contribution in [0.5, 0.6) is 0 Å². The molecule has 3 saturated heterocycles. The molecule has 12 N–H and O–H groups in total. The molecule has 3 rings (SSSR count). The van der Waals surface area contributed by atoms with Gasteiger partial charge in [0.05, 0.1) is 38.6 Å². The fourth-order valence-electron chi connectivity index (χ4n) is 10.1. The van der Waals surface area contributed by atoms with E-state index in [-0.39, 0.29) is 18.9 Å². The van der Waals surface area contributed by atoms with Gasteiger partial charge in [-0.05, 0) is 57.8 Å². The first-order valence-electron chi connectivity index (χ1n) is 30.5. The number of ether oxygens (including phenoxy) is 6. The zero-order chi connectivity index (χ0) is 58.3. The molecular weight excluding hydrogens is 1030 g/mol. The van der Waals surface area contributed by atoms with Gasteiger partial charge in [-0.2, -0.15) is 0 Å². The summed E-state index contributed by atoms with van der Waals surface area (Å²) in [6, 6.07) is -0.895. The Morgan fingerprint density at radius 2 is 0.863 bits per heavy atom. The molecule has 3 fully saturated rings. The van der Waals surface area contributed by atoms with Gasteiger partial charge in [0.15, 0.2) is 18.9 Å². The van der Waals surface area contributed by atoms with Crippen LogP contribution in [-0.4, -0.2) is 193 Å². The highest BCUT2D eigenvalue weighted by atomic mass is 16.8. The van der Waals surface area contributed by atoms with Gasteiger partial charge in [0.2, 0.25) is 5.91 Å². The second kappa shape index (κ2) is 44.0. The standard InChI is InChI=1S/C61H107NO18/c1-3-5-7-9-11-13-15-17-18-19-20-21-22-23-24-25-26-27-29-31-33-35-37-39-49(67)62-44(45(66)38-36-34-32-30-28-16-14-12-10-8-6-4-2)43-75-59-55(73)52(70)57(47(41-64)77-59)80-61-56(74)53(71)58(48(42-65)78-61)79-60-54(72)51(69)50(68)46(40-63)76-60/h5,7,11,13,17-18,20-21,23-24,44-48,50-61,63-66,68-74H,3-4,6,8-10,12,14-16,19,22,25-43H2,1-2H3,(H,62,67)/b7-5-,13-11-,18-17-,21-20-,24-23-. The Balaban J connectivity index is 1.47. The van der Waals surface area contributed by atoms with E-state index in [0.717, 1.165) is 103 Å². The number of aliphatic hydroxyl groups excluding tert-OH is 11. The zero-order valence-corrected chi connectivity index (χ0v) is 48.3. The molecule has 3 aliphatic heterocycles. The maximum absolute atomic E-state index is 13.3. The van der Waals surface area contributed by atoms with E-state index in [0.29, 0.717) is 12.8 Å². The highest BCUT2D eigenvalue weighted by molar-refractivity contribution is 5.76. The molecule has 0 aromatic heterocycles. The fourth-order valence-corrected chi connectivity index (χ4v) is 10.1. The zero-order valence-electron chi connectivity index (χ0n) is 48.3. The quantitative estimate of drug-likeness (QED) is 0.0259. The third-order valence-electron chi connectivity index (χ3n) is 15.1. The minimum atomic E-state index is -1.97. The average Bonchev–Trinajstić information content (AvgIpc) is 3.45. The number of hydrogen-bond donors (Lipinski definition) is 12. The lowest BCUT2D eigenvalue weighted by Crippen LogP contribution is -2.66. The monoisotopic (exact) mass is 1140 g/mol. The molecule has 3 heterocycles. The van der Waals surface area contributed by atoms with Crippen LogP contribution in [0.15, 0.2) is 60.8 Å². The molecule has 0 aromatic carbocycles. The molecule has 0 radical (unpaired) electrons. The van der Waals surface area contributed by atoms with Crippen LogP contribution >= 0.6 is 0 Å². The van der Waals surface area contributed by atoms with E-state index < -0.39 is 124 Å². The van der Waals surface area contributed by atoms with E-state index in [9.17, 15) is 61.0 Å². The molecule has 80 heavy (non-hydrogen) atoms. The first-order chi connectivity index (χ1) is 38.8. The Bertz CT molecular complexity index is 1700. The van der Waals surface area contributed by atoms with Crippen LogP contribution in [0.25, 0.3) is 0 Å². The summed E-state index contributed by atoms with van der Waals surface area (Å²) >= 11 is 0. The van der Waals surface area contributed by atoms with Crippen LogP contribution in [0.2, 0.25) is 0 Å². The SMILES string of the molecule is CC/C=C\C/C=C\C/C=C\C/C=C\C/C=C\CCCCCCCCCC(=O)NC(COC1OC(CO)C(OC2OC(CO)C(OC3OC(CO)C(O)C(O)C3O)C(O)C2O)C(O)C1O)C(O)CCCCCCCCCCCCCC. The molecule has 19 nitrogen and oxygen atoms in total. The fraction of sp³-hybridized carbons (Fsp3) is 0.820. The van der Waals surface area contributed by atoms with Crippen LogP contribution in [0.1, 0.15) is 187 Å². The molecule has 464 valence electrons. The van der Waals surface area contributed by atoms with Crippen molar-refractivity contribution in [3.8, 4) is 0 Å². The van der Waals surface area contributed by atoms with Crippen LogP contribution in [0.3, 0.4) is 0 Å². The lowest BCUT2D eigenvalue weighted by Gasteiger charge is -2.48. The number of amides is 1. The van der Waals surface area contributed by atoms with Gasteiger partial charge in [0, 0.05) is 6.42 Å². The smallest absolute Gasteiger partial charge is 0.220 e. The number of aliphatic hydroxyl groups is 11. The van der Waals surface area contributed by atoms with Crippen molar-refractivity contribution in [2.75, 3.05) is 26.4 Å². The normalized spacial score (nSPS) is 30.4. The van der Waals surface area contributed by atoms with Gasteiger partial charge in [-0.25, -0.2) is 0 Å². The van der Waals surface area contributed by atoms with Gasteiger partial charge in [-0.15, -0.1) is 0 Å². The summed E-state index contributed by atoms with van der Waals surface area (Å²) in [6.07, 6.45) is 23.0. The predicted octanol–water partition coefficient (Wildman–Crippen LogP) is 5.65. The number of carbonyl (C=O) groups is 1. The Kier molecular flexibility index (Phi) is 39.5. The van der Waals surface area contributed by atoms with Gasteiger partial charge in [0.1, 0.15) is 73.2 Å². The van der Waals surface area contributed by atoms with Crippen molar-refractivity contribution in [3.63, 3.8) is 0 Å². The van der Waals surface area contributed by atoms with Crippen LogP contribution in [0.4, 0.5) is 0 Å². The van der Waals surface area contributed by atoms with E-state index in [1.807, 2.05) is 0 Å². The highest BCUT2D eigenvalue weighted by Crippen LogP contribution is 2.33. The predicted molar refractivity (Wildman–Crippen MR) is 305 cm³/mol. The molecule has 17 unspecified atom stereocenters. The number of nitrogens with one attached hydrogen (secondary N) is 1. The molecule has 17 atom stereocenters. The number of carbonyl (C=O) groups excluding carboxylic acids is 1. The van der Waals surface area contributed by atoms with Crippen molar-refractivity contribution in [2.24, 2.45) is 0 Å². The van der Waals surface area contributed by atoms with Crippen molar-refractivity contribution in [1.82, 2.24) is 5.32 Å². The largest absolute Gasteiger partial charge is 0.394 e. The van der Waals surface area contributed by atoms with Crippen molar-refractivity contribution in [1.29, 1.82) is 0 Å². The third-order valence-corrected chi connectivity index (χ3v) is 15.1. The highest BCUT2D eigenvalue weighted by Gasteiger charge is 2.53. The average molecular weight is 1140 g/mol. The molecule has 0 bridgehead atoms. The van der Waals surface area contributed by atoms with Gasteiger partial charge in [0.25, 0.3) is 0 Å². The first-order valence-corrected chi connectivity index (χ1v) is 30.5. The summed E-state index contributed by atoms with van der Waals surface area (Å²) in [5, 5.41) is 120. The van der Waals surface area contributed by atoms with Crippen molar-refractivity contribution < 1.29 is 89.4 Å². The Morgan fingerprint density at radius 1 is 0.463 bits per heavy atom. The number of rotatable bonds is 44. The van der Waals surface area contributed by atoms with Crippen molar-refractivity contribution in [3.05, 3.63) is 60.8 Å². The molecule has 3 aliphatic rings. The van der Waals surface area contributed by atoms with Gasteiger partial charge < -0.3 is 89.9 Å². The maximum Gasteiger partial charge on any atom is 0.220 e. The van der Waals surface area contributed by atoms with E-state index in [2.05, 4.69) is 79.9 Å². The van der Waals surface area contributed by atoms with Crippen LogP contribution in [0, 0.1) is 0 Å². The summed E-state index contributed by atoms with van der Waals surface area (Å²) < 4.78 is 34.3. The molecule has 0 spiro atoms. The van der Waals surface area contributed by atoms with E-state index >= 15 is 0 Å². The van der Waals surface area contributed by atoms with Gasteiger partial charge >= 0.3 is 0 Å². The lowest BCUT2D eigenvalue weighted by atomic mass is 9.96. The summed E-state index contributed by atoms with van der Waals surface area (Å²) in [4.78, 5) is 13.3. The number of unbranched alkanes of at least 4 members (excludes halogenated alkanes) is 18. The molecular formula is C61H107NO18. The van der Waals surface area contributed by atoms with Crippen LogP contribution < -0.4 is 5.32 Å². The van der Waals surface area contributed by atoms with E-state index in [1.165, 1.54) is 51.4 Å². The molecule has 19 heteroatoms. The minimum Gasteiger partial charge on any atom is -0.394 e. The molecule has 1 amide bonds. The summed E-state index contributed by atoms with van der Waals surface area (Å²) in [5.74, 6) is -0.258. The Morgan fingerprint density at radius 3 is 1.35 bits per heavy atom. The maximum atomic E-state index is 13.3. The number of allylic oxidation sites excluding steroid dienone is 10. The summed E-state index contributed by atoms with van der Waals surface area (Å²) in [7, 11) is 0. The van der Waals surface area contributed by atoms with E-state index in [1.54, 1.807) is 0 Å². The summed E-state index contributed by atoms with van der Waals surface area (Å²) in [6.45, 7) is 1.64. The van der Waals surface area contributed by atoms with Crippen molar-refractivity contribution in [2.45, 2.75) is 291 Å². The minimum absolute atomic E-state index is 0.250. The van der Waals surface area contributed by atoms with Gasteiger partial charge in [-0.1, -0.05) is 184 Å². The molecule has 0 saturated carbocycles. The topological polar surface area (TPSA) is 307 Å². The van der Waals surface area contributed by atoms with Crippen LogP contribution in [-0.2, 0) is 33.2 Å². The van der Waals surface area contributed by atoms with Crippen molar-refractivity contribution >= 4 is 5.91 Å². The Hall–Kier alpha value is -2.51. The molecule has 0 aromatic rings. The molecule has 0 aliphatic carbocycles. The first kappa shape index (κ1) is 71.8. The second-order valence-electron chi connectivity index (χ2n) is 21.8. The summed E-state index contributed by atoms with van der Waals surface area (Å²) in [5.41, 5.74) is 0. The number of hydrogen-bond acceptors (Lipinski definition) is 18. The lowest BCUT2D eigenvalue weighted by molar-refractivity contribution is -0.379.